The third-order valence-corrected chi connectivity index (χ3v) is 3.78. The predicted octanol–water partition coefficient (Wildman–Crippen LogP) is 2.44. The van der Waals surface area contributed by atoms with E-state index in [-0.39, 0.29) is 24.4 Å². The maximum atomic E-state index is 12.2. The fourth-order valence-electron chi connectivity index (χ4n) is 2.96. The lowest BCUT2D eigenvalue weighted by Gasteiger charge is -2.22. The van der Waals surface area contributed by atoms with Crippen LogP contribution in [0, 0.1) is 0 Å². The molecule has 2 unspecified atom stereocenters. The summed E-state index contributed by atoms with van der Waals surface area (Å²) in [4.78, 5) is 24.6. The molecule has 0 spiro atoms. The standard InChI is InChI=1S/C15H15NO3/c17-14(6-3-7-15(18)19)16-12-8-9-13(16)11-5-2-1-4-10(11)12/h1-2,4-5,8-9,12-13H,3,6-7H2,(H,18,19). The van der Waals surface area contributed by atoms with Crippen LogP contribution < -0.4 is 0 Å². The summed E-state index contributed by atoms with van der Waals surface area (Å²) < 4.78 is 0. The van der Waals surface area contributed by atoms with Crippen LogP contribution in [0.1, 0.15) is 42.5 Å². The van der Waals surface area contributed by atoms with Crippen LogP contribution in [0.15, 0.2) is 36.4 Å². The van der Waals surface area contributed by atoms with Gasteiger partial charge in [-0.1, -0.05) is 36.4 Å². The summed E-state index contributed by atoms with van der Waals surface area (Å²) >= 11 is 0. The van der Waals surface area contributed by atoms with Gasteiger partial charge in [0.05, 0.1) is 12.1 Å². The van der Waals surface area contributed by atoms with Crippen molar-refractivity contribution in [1.29, 1.82) is 0 Å². The Kier molecular flexibility index (Phi) is 2.85. The number of amides is 1. The monoisotopic (exact) mass is 257 g/mol. The highest BCUT2D eigenvalue weighted by Crippen LogP contribution is 2.48. The van der Waals surface area contributed by atoms with E-state index in [1.165, 1.54) is 11.1 Å². The molecule has 1 aromatic rings. The van der Waals surface area contributed by atoms with Crippen LogP contribution in [0.25, 0.3) is 0 Å². The Balaban J connectivity index is 1.72. The molecule has 1 amide bonds. The van der Waals surface area contributed by atoms with Gasteiger partial charge >= 0.3 is 5.97 Å². The van der Waals surface area contributed by atoms with Crippen molar-refractivity contribution in [2.75, 3.05) is 0 Å². The summed E-state index contributed by atoms with van der Waals surface area (Å²) in [5.41, 5.74) is 2.39. The van der Waals surface area contributed by atoms with Gasteiger partial charge in [-0.15, -0.1) is 0 Å². The van der Waals surface area contributed by atoms with E-state index in [0.29, 0.717) is 12.8 Å². The molecular formula is C15H15NO3. The number of aliphatic carboxylic acids is 1. The third kappa shape index (κ3) is 1.93. The van der Waals surface area contributed by atoms with Crippen molar-refractivity contribution < 1.29 is 14.7 Å². The second-order valence-electron chi connectivity index (χ2n) is 4.95. The first-order chi connectivity index (χ1) is 9.18. The van der Waals surface area contributed by atoms with E-state index < -0.39 is 5.97 Å². The molecule has 0 aromatic heterocycles. The third-order valence-electron chi connectivity index (χ3n) is 3.78. The van der Waals surface area contributed by atoms with Gasteiger partial charge in [-0.2, -0.15) is 0 Å². The smallest absolute Gasteiger partial charge is 0.303 e. The zero-order chi connectivity index (χ0) is 13.4. The molecule has 4 heteroatoms. The fraction of sp³-hybridized carbons (Fsp3) is 0.333. The van der Waals surface area contributed by atoms with E-state index in [0.717, 1.165) is 0 Å². The van der Waals surface area contributed by atoms with Crippen LogP contribution in [0.3, 0.4) is 0 Å². The van der Waals surface area contributed by atoms with E-state index in [2.05, 4.69) is 24.3 Å². The minimum Gasteiger partial charge on any atom is -0.481 e. The zero-order valence-electron chi connectivity index (χ0n) is 10.5. The molecule has 0 aliphatic carbocycles. The fourth-order valence-corrected chi connectivity index (χ4v) is 2.96. The van der Waals surface area contributed by atoms with E-state index >= 15 is 0 Å². The highest BCUT2D eigenvalue weighted by atomic mass is 16.4. The van der Waals surface area contributed by atoms with E-state index in [9.17, 15) is 9.59 Å². The quantitative estimate of drug-likeness (QED) is 0.843. The summed E-state index contributed by atoms with van der Waals surface area (Å²) in [6.45, 7) is 0. The van der Waals surface area contributed by atoms with Crippen molar-refractivity contribution in [3.63, 3.8) is 0 Å². The number of carbonyl (C=O) groups is 2. The number of carboxylic acids is 1. The average molecular weight is 257 g/mol. The highest BCUT2D eigenvalue weighted by Gasteiger charge is 2.41. The SMILES string of the molecule is O=C(O)CCCC(=O)N1C2C=CC1c1ccccc12. The zero-order valence-corrected chi connectivity index (χ0v) is 10.5. The van der Waals surface area contributed by atoms with Gasteiger partial charge in [0.25, 0.3) is 0 Å². The van der Waals surface area contributed by atoms with Gasteiger partial charge in [0, 0.05) is 12.8 Å². The molecule has 2 aliphatic rings. The van der Waals surface area contributed by atoms with Gasteiger partial charge < -0.3 is 10.0 Å². The number of hydrogen-bond donors (Lipinski definition) is 1. The molecule has 1 aromatic carbocycles. The first-order valence-electron chi connectivity index (χ1n) is 6.48. The minimum absolute atomic E-state index is 0.0393. The molecule has 98 valence electrons. The molecule has 0 fully saturated rings. The van der Waals surface area contributed by atoms with Gasteiger partial charge in [-0.05, 0) is 17.5 Å². The molecule has 0 saturated heterocycles. The second-order valence-corrected chi connectivity index (χ2v) is 4.95. The summed E-state index contributed by atoms with van der Waals surface area (Å²) in [5, 5.41) is 8.61. The number of hydrogen-bond acceptors (Lipinski definition) is 2. The van der Waals surface area contributed by atoms with E-state index in [1.54, 1.807) is 0 Å². The van der Waals surface area contributed by atoms with Crippen LogP contribution >= 0.6 is 0 Å². The molecule has 0 saturated carbocycles. The average Bonchev–Trinajstić information content (AvgIpc) is 2.95. The molecule has 2 heterocycles. The Hall–Kier alpha value is -2.10. The Labute approximate surface area is 111 Å². The summed E-state index contributed by atoms with van der Waals surface area (Å²) in [6, 6.07) is 8.17. The molecule has 2 aliphatic heterocycles. The highest BCUT2D eigenvalue weighted by molar-refractivity contribution is 5.80. The van der Waals surface area contributed by atoms with E-state index in [1.807, 2.05) is 17.0 Å². The molecular weight excluding hydrogens is 242 g/mol. The lowest BCUT2D eigenvalue weighted by molar-refractivity contribution is -0.137. The van der Waals surface area contributed by atoms with Crippen molar-refractivity contribution >= 4 is 11.9 Å². The van der Waals surface area contributed by atoms with Crippen molar-refractivity contribution in [1.82, 2.24) is 4.90 Å². The Morgan fingerprint density at radius 3 is 2.16 bits per heavy atom. The van der Waals surface area contributed by atoms with Crippen molar-refractivity contribution in [2.24, 2.45) is 0 Å². The predicted molar refractivity (Wildman–Crippen MR) is 69.4 cm³/mol. The van der Waals surface area contributed by atoms with Crippen LogP contribution in [-0.2, 0) is 9.59 Å². The maximum Gasteiger partial charge on any atom is 0.303 e. The van der Waals surface area contributed by atoms with Crippen molar-refractivity contribution in [2.45, 2.75) is 31.3 Å². The molecule has 19 heavy (non-hydrogen) atoms. The first kappa shape index (κ1) is 12.0. The Bertz CT molecular complexity index is 531. The normalized spacial score (nSPS) is 22.6. The Morgan fingerprint density at radius 2 is 1.63 bits per heavy atom. The number of nitrogens with zero attached hydrogens (tertiary/aromatic N) is 1. The molecule has 1 N–H and O–H groups in total. The first-order valence-corrected chi connectivity index (χ1v) is 6.48. The summed E-state index contributed by atoms with van der Waals surface area (Å²) in [6.07, 6.45) is 4.87. The summed E-state index contributed by atoms with van der Waals surface area (Å²) in [5.74, 6) is -0.809. The number of rotatable bonds is 4. The van der Waals surface area contributed by atoms with Crippen molar-refractivity contribution in [3.05, 3.63) is 47.5 Å². The van der Waals surface area contributed by atoms with E-state index in [4.69, 9.17) is 5.11 Å². The second kappa shape index (κ2) is 4.53. The molecule has 4 nitrogen and oxygen atoms in total. The van der Waals surface area contributed by atoms with Gasteiger partial charge in [-0.25, -0.2) is 0 Å². The van der Waals surface area contributed by atoms with Crippen LogP contribution in [0.4, 0.5) is 0 Å². The van der Waals surface area contributed by atoms with Crippen LogP contribution in [0.2, 0.25) is 0 Å². The minimum atomic E-state index is -0.849. The lowest BCUT2D eigenvalue weighted by Crippen LogP contribution is -2.28. The largest absolute Gasteiger partial charge is 0.481 e. The van der Waals surface area contributed by atoms with Crippen LogP contribution in [0.5, 0.6) is 0 Å². The maximum absolute atomic E-state index is 12.2. The number of benzene rings is 1. The molecule has 2 atom stereocenters. The molecule has 2 bridgehead atoms. The topological polar surface area (TPSA) is 57.6 Å². The molecule has 3 rings (SSSR count). The number of carbonyl (C=O) groups excluding carboxylic acids is 1. The van der Waals surface area contributed by atoms with Crippen LogP contribution in [-0.4, -0.2) is 21.9 Å². The summed E-state index contributed by atoms with van der Waals surface area (Å²) in [7, 11) is 0. The number of fused-ring (bicyclic) bond motifs is 5. The van der Waals surface area contributed by atoms with Gasteiger partial charge in [-0.3, -0.25) is 9.59 Å². The molecule has 0 radical (unpaired) electrons. The Morgan fingerprint density at radius 1 is 1.05 bits per heavy atom. The lowest BCUT2D eigenvalue weighted by atomic mass is 9.97. The van der Waals surface area contributed by atoms with Gasteiger partial charge in [0.15, 0.2) is 0 Å². The van der Waals surface area contributed by atoms with Gasteiger partial charge in [0.1, 0.15) is 0 Å². The number of carboxylic acid groups (broad SMARTS) is 1. The van der Waals surface area contributed by atoms with Gasteiger partial charge in [0.2, 0.25) is 5.91 Å². The van der Waals surface area contributed by atoms with Crippen molar-refractivity contribution in [3.8, 4) is 0 Å².